The molecule has 1 aliphatic rings. The first-order chi connectivity index (χ1) is 11.1. The van der Waals surface area contributed by atoms with Crippen molar-refractivity contribution in [2.75, 3.05) is 12.4 Å². The van der Waals surface area contributed by atoms with Crippen molar-refractivity contribution in [1.82, 2.24) is 0 Å². The molecule has 0 aliphatic carbocycles. The maximum Gasteiger partial charge on any atom is 0.271 e. The Morgan fingerprint density at radius 3 is 2.61 bits per heavy atom. The van der Waals surface area contributed by atoms with Gasteiger partial charge in [-0.3, -0.25) is 19.9 Å². The second-order valence-corrected chi connectivity index (χ2v) is 4.97. The van der Waals surface area contributed by atoms with E-state index in [1.807, 2.05) is 12.1 Å². The number of amides is 1. The Kier molecular flexibility index (Phi) is 3.76. The third kappa shape index (κ3) is 3.03. The summed E-state index contributed by atoms with van der Waals surface area (Å²) < 4.78 is 5.11. The van der Waals surface area contributed by atoms with Crippen molar-refractivity contribution < 1.29 is 14.5 Å². The fourth-order valence-corrected chi connectivity index (χ4v) is 2.32. The van der Waals surface area contributed by atoms with E-state index in [0.717, 1.165) is 5.56 Å². The molecular formula is C16H13N3O4. The number of methoxy groups -OCH3 is 1. The second-order valence-electron chi connectivity index (χ2n) is 4.97. The molecule has 0 bridgehead atoms. The summed E-state index contributed by atoms with van der Waals surface area (Å²) in [5.74, 6) is 0.447. The van der Waals surface area contributed by atoms with Crippen LogP contribution in [0.5, 0.6) is 5.75 Å². The molecule has 1 N–H and O–H groups in total. The monoisotopic (exact) mass is 311 g/mol. The number of non-ortho nitro benzene ring substituents is 1. The SMILES string of the molecule is COc1ccc(C2=Nc3ccc([N+](=O)[O-])cc3NC(=O)C2)cc1. The van der Waals surface area contributed by atoms with Crippen molar-refractivity contribution in [2.45, 2.75) is 6.42 Å². The lowest BCUT2D eigenvalue weighted by Gasteiger charge is -2.05. The molecule has 1 aliphatic heterocycles. The van der Waals surface area contributed by atoms with Gasteiger partial charge in [-0.1, -0.05) is 0 Å². The van der Waals surface area contributed by atoms with Gasteiger partial charge in [-0.25, -0.2) is 0 Å². The van der Waals surface area contributed by atoms with E-state index in [1.54, 1.807) is 19.2 Å². The molecule has 0 radical (unpaired) electrons. The van der Waals surface area contributed by atoms with E-state index in [-0.39, 0.29) is 18.0 Å². The molecule has 0 fully saturated rings. The van der Waals surface area contributed by atoms with Crippen molar-refractivity contribution in [3.05, 3.63) is 58.1 Å². The Bertz CT molecular complexity index is 813. The maximum atomic E-state index is 12.0. The van der Waals surface area contributed by atoms with Gasteiger partial charge in [0.2, 0.25) is 5.91 Å². The third-order valence-corrected chi connectivity index (χ3v) is 3.47. The molecule has 1 heterocycles. The fourth-order valence-electron chi connectivity index (χ4n) is 2.32. The van der Waals surface area contributed by atoms with Gasteiger partial charge in [0.25, 0.3) is 5.69 Å². The lowest BCUT2D eigenvalue weighted by Crippen LogP contribution is -2.15. The number of nitro benzene ring substituents is 1. The molecule has 2 aromatic rings. The Hall–Kier alpha value is -3.22. The van der Waals surface area contributed by atoms with Crippen molar-refractivity contribution in [2.24, 2.45) is 4.99 Å². The molecule has 0 atom stereocenters. The van der Waals surface area contributed by atoms with Gasteiger partial charge in [0.05, 0.1) is 35.5 Å². The molecule has 0 spiro atoms. The van der Waals surface area contributed by atoms with Crippen LogP contribution in [0, 0.1) is 10.1 Å². The number of benzene rings is 2. The number of carbonyl (C=O) groups is 1. The first-order valence-electron chi connectivity index (χ1n) is 6.87. The zero-order valence-electron chi connectivity index (χ0n) is 12.3. The largest absolute Gasteiger partial charge is 0.497 e. The van der Waals surface area contributed by atoms with Gasteiger partial charge in [-0.15, -0.1) is 0 Å². The van der Waals surface area contributed by atoms with E-state index in [2.05, 4.69) is 10.3 Å². The zero-order chi connectivity index (χ0) is 16.4. The molecule has 1 amide bonds. The van der Waals surface area contributed by atoms with Crippen molar-refractivity contribution in [3.63, 3.8) is 0 Å². The van der Waals surface area contributed by atoms with Gasteiger partial charge < -0.3 is 10.1 Å². The highest BCUT2D eigenvalue weighted by atomic mass is 16.6. The predicted octanol–water partition coefficient (Wildman–Crippen LogP) is 3.07. The summed E-state index contributed by atoms with van der Waals surface area (Å²) in [6.45, 7) is 0. The smallest absolute Gasteiger partial charge is 0.271 e. The number of hydrogen-bond donors (Lipinski definition) is 1. The predicted molar refractivity (Wildman–Crippen MR) is 85.5 cm³/mol. The Morgan fingerprint density at radius 2 is 1.96 bits per heavy atom. The number of fused-ring (bicyclic) bond motifs is 1. The van der Waals surface area contributed by atoms with Crippen LogP contribution in [-0.4, -0.2) is 23.7 Å². The maximum absolute atomic E-state index is 12.0. The highest BCUT2D eigenvalue weighted by Gasteiger charge is 2.19. The van der Waals surface area contributed by atoms with E-state index in [0.29, 0.717) is 22.8 Å². The Morgan fingerprint density at radius 1 is 1.22 bits per heavy atom. The average Bonchev–Trinajstić information content (AvgIpc) is 2.72. The lowest BCUT2D eigenvalue weighted by molar-refractivity contribution is -0.384. The summed E-state index contributed by atoms with van der Waals surface area (Å²) in [5.41, 5.74) is 2.14. The Balaban J connectivity index is 2.03. The van der Waals surface area contributed by atoms with Gasteiger partial charge in [0.15, 0.2) is 0 Å². The van der Waals surface area contributed by atoms with E-state index in [4.69, 9.17) is 4.74 Å². The third-order valence-electron chi connectivity index (χ3n) is 3.47. The highest BCUT2D eigenvalue weighted by Crippen LogP contribution is 2.32. The van der Waals surface area contributed by atoms with E-state index >= 15 is 0 Å². The minimum atomic E-state index is -0.509. The van der Waals surface area contributed by atoms with Gasteiger partial charge in [-0.2, -0.15) is 0 Å². The van der Waals surface area contributed by atoms with Crippen LogP contribution in [-0.2, 0) is 4.79 Å². The molecule has 0 saturated heterocycles. The number of ether oxygens (including phenoxy) is 1. The molecule has 3 rings (SSSR count). The molecule has 0 saturated carbocycles. The summed E-state index contributed by atoms with van der Waals surface area (Å²) in [7, 11) is 1.58. The first-order valence-corrected chi connectivity index (χ1v) is 6.87. The van der Waals surface area contributed by atoms with Gasteiger partial charge in [0, 0.05) is 12.1 Å². The zero-order valence-corrected chi connectivity index (χ0v) is 12.3. The van der Waals surface area contributed by atoms with Crippen molar-refractivity contribution in [3.8, 4) is 5.75 Å². The van der Waals surface area contributed by atoms with Crippen LogP contribution in [0.2, 0.25) is 0 Å². The molecule has 23 heavy (non-hydrogen) atoms. The quantitative estimate of drug-likeness (QED) is 0.696. The molecular weight excluding hydrogens is 298 g/mol. The van der Waals surface area contributed by atoms with Crippen LogP contribution in [0.4, 0.5) is 17.1 Å². The van der Waals surface area contributed by atoms with E-state index in [1.165, 1.54) is 18.2 Å². The van der Waals surface area contributed by atoms with Gasteiger partial charge in [-0.05, 0) is 35.9 Å². The highest BCUT2D eigenvalue weighted by molar-refractivity contribution is 6.17. The number of hydrogen-bond acceptors (Lipinski definition) is 5. The molecule has 2 aromatic carbocycles. The number of nitro groups is 1. The average molecular weight is 311 g/mol. The van der Waals surface area contributed by atoms with E-state index in [9.17, 15) is 14.9 Å². The summed E-state index contributed by atoms with van der Waals surface area (Å²) in [5, 5.41) is 13.5. The summed E-state index contributed by atoms with van der Waals surface area (Å²) in [6.07, 6.45) is 0.0921. The summed E-state index contributed by atoms with van der Waals surface area (Å²) in [4.78, 5) is 26.9. The van der Waals surface area contributed by atoms with Crippen LogP contribution < -0.4 is 10.1 Å². The standard InChI is InChI=1S/C16H13N3O4/c1-23-12-5-2-10(3-6-12)14-9-16(20)18-15-8-11(19(21)22)4-7-13(15)17-14/h2-8H,9H2,1H3,(H,18,20). The number of anilines is 1. The van der Waals surface area contributed by atoms with Crippen LogP contribution >= 0.6 is 0 Å². The van der Waals surface area contributed by atoms with Crippen LogP contribution in [0.25, 0.3) is 0 Å². The van der Waals surface area contributed by atoms with Crippen LogP contribution in [0.1, 0.15) is 12.0 Å². The Labute approximate surface area is 131 Å². The van der Waals surface area contributed by atoms with Crippen LogP contribution in [0.15, 0.2) is 47.5 Å². The number of rotatable bonds is 3. The first kappa shape index (κ1) is 14.7. The number of aliphatic imine (C=N–C) groups is 1. The minimum Gasteiger partial charge on any atom is -0.497 e. The molecule has 7 heteroatoms. The summed E-state index contributed by atoms with van der Waals surface area (Å²) >= 11 is 0. The van der Waals surface area contributed by atoms with Gasteiger partial charge in [0.1, 0.15) is 5.75 Å². The second kappa shape index (κ2) is 5.88. The number of carbonyl (C=O) groups excluding carboxylic acids is 1. The topological polar surface area (TPSA) is 93.8 Å². The van der Waals surface area contributed by atoms with Crippen molar-refractivity contribution >= 4 is 28.7 Å². The van der Waals surface area contributed by atoms with E-state index < -0.39 is 4.92 Å². The van der Waals surface area contributed by atoms with Gasteiger partial charge >= 0.3 is 0 Å². The van der Waals surface area contributed by atoms with Crippen LogP contribution in [0.3, 0.4) is 0 Å². The molecule has 0 unspecified atom stereocenters. The molecule has 7 nitrogen and oxygen atoms in total. The normalized spacial score (nSPS) is 13.4. The number of nitrogens with one attached hydrogen (secondary N) is 1. The fraction of sp³-hybridized carbons (Fsp3) is 0.125. The molecule has 0 aromatic heterocycles. The summed E-state index contributed by atoms with van der Waals surface area (Å²) in [6, 6.07) is 11.4. The minimum absolute atomic E-state index is 0.0906. The lowest BCUT2D eigenvalue weighted by atomic mass is 10.1. The molecule has 116 valence electrons. The van der Waals surface area contributed by atoms with Crippen molar-refractivity contribution in [1.29, 1.82) is 0 Å². The number of nitrogens with zero attached hydrogens (tertiary/aromatic N) is 2.